The lowest BCUT2D eigenvalue weighted by atomic mass is 10.2. The SMILES string of the molecule is Nc1n[nH]c(=O)c2c1c(I)cn2C1CCN(C(=O)O)C1. The lowest BCUT2D eigenvalue weighted by Crippen LogP contribution is -2.27. The number of carboxylic acid groups (broad SMARTS) is 1. The van der Waals surface area contributed by atoms with Crippen LogP contribution < -0.4 is 11.3 Å². The largest absolute Gasteiger partial charge is 0.465 e. The van der Waals surface area contributed by atoms with Crippen molar-refractivity contribution in [3.05, 3.63) is 20.1 Å². The molecule has 9 heteroatoms. The van der Waals surface area contributed by atoms with Crippen molar-refractivity contribution in [1.29, 1.82) is 0 Å². The Labute approximate surface area is 126 Å². The number of rotatable bonds is 1. The summed E-state index contributed by atoms with van der Waals surface area (Å²) in [7, 11) is 0. The van der Waals surface area contributed by atoms with Gasteiger partial charge in [-0.2, -0.15) is 5.10 Å². The molecule has 8 nitrogen and oxygen atoms in total. The van der Waals surface area contributed by atoms with E-state index < -0.39 is 6.09 Å². The molecule has 3 heterocycles. The zero-order valence-electron chi connectivity index (χ0n) is 10.3. The van der Waals surface area contributed by atoms with Crippen molar-refractivity contribution in [2.24, 2.45) is 0 Å². The summed E-state index contributed by atoms with van der Waals surface area (Å²) in [5.74, 6) is 0.274. The highest BCUT2D eigenvalue weighted by molar-refractivity contribution is 14.1. The van der Waals surface area contributed by atoms with Gasteiger partial charge in [0.15, 0.2) is 5.82 Å². The van der Waals surface area contributed by atoms with Gasteiger partial charge >= 0.3 is 6.09 Å². The molecule has 0 aromatic carbocycles. The summed E-state index contributed by atoms with van der Waals surface area (Å²) < 4.78 is 2.65. The van der Waals surface area contributed by atoms with Crippen LogP contribution in [0.15, 0.2) is 11.0 Å². The number of aromatic nitrogens is 3. The van der Waals surface area contributed by atoms with Gasteiger partial charge < -0.3 is 20.3 Å². The van der Waals surface area contributed by atoms with Gasteiger partial charge in [-0.1, -0.05) is 0 Å². The van der Waals surface area contributed by atoms with Crippen LogP contribution in [0.4, 0.5) is 10.6 Å². The monoisotopic (exact) mass is 389 g/mol. The van der Waals surface area contributed by atoms with Gasteiger partial charge in [-0.15, -0.1) is 0 Å². The van der Waals surface area contributed by atoms with Crippen molar-refractivity contribution in [3.8, 4) is 0 Å². The molecule has 1 amide bonds. The maximum Gasteiger partial charge on any atom is 0.407 e. The second-order valence-electron chi connectivity index (χ2n) is 4.72. The van der Waals surface area contributed by atoms with E-state index in [4.69, 9.17) is 10.8 Å². The number of hydrogen-bond donors (Lipinski definition) is 3. The van der Waals surface area contributed by atoms with E-state index in [1.807, 2.05) is 10.8 Å². The number of hydrogen-bond acceptors (Lipinski definition) is 4. The normalized spacial score (nSPS) is 18.9. The number of H-pyrrole nitrogens is 1. The number of anilines is 1. The number of nitrogens with zero attached hydrogens (tertiary/aromatic N) is 3. The lowest BCUT2D eigenvalue weighted by Gasteiger charge is -2.14. The molecule has 20 heavy (non-hydrogen) atoms. The molecule has 1 aliphatic rings. The molecule has 3 rings (SSSR count). The third-order valence-corrected chi connectivity index (χ3v) is 4.38. The number of fused-ring (bicyclic) bond motifs is 1. The first-order valence-corrected chi connectivity index (χ1v) is 7.09. The van der Waals surface area contributed by atoms with Crippen molar-refractivity contribution in [1.82, 2.24) is 19.7 Å². The van der Waals surface area contributed by atoms with Gasteiger partial charge in [0.1, 0.15) is 5.52 Å². The second kappa shape index (κ2) is 4.65. The van der Waals surface area contributed by atoms with Gasteiger partial charge in [0.2, 0.25) is 0 Å². The zero-order chi connectivity index (χ0) is 14.4. The molecule has 4 N–H and O–H groups in total. The highest BCUT2D eigenvalue weighted by atomic mass is 127. The predicted molar refractivity (Wildman–Crippen MR) is 80.7 cm³/mol. The fourth-order valence-electron chi connectivity index (χ4n) is 2.62. The second-order valence-corrected chi connectivity index (χ2v) is 5.88. The Hall–Kier alpha value is -1.78. The maximum atomic E-state index is 12.0. The van der Waals surface area contributed by atoms with Crippen LogP contribution in [0.2, 0.25) is 0 Å². The van der Waals surface area contributed by atoms with Crippen molar-refractivity contribution >= 4 is 45.4 Å². The van der Waals surface area contributed by atoms with Gasteiger partial charge in [0, 0.05) is 22.9 Å². The minimum atomic E-state index is -0.936. The van der Waals surface area contributed by atoms with E-state index in [1.165, 1.54) is 4.90 Å². The summed E-state index contributed by atoms with van der Waals surface area (Å²) in [5.41, 5.74) is 5.95. The van der Waals surface area contributed by atoms with E-state index in [0.717, 1.165) is 3.57 Å². The molecule has 0 radical (unpaired) electrons. The van der Waals surface area contributed by atoms with Crippen molar-refractivity contribution in [3.63, 3.8) is 0 Å². The standard InChI is InChI=1S/C11H12IN5O3/c12-6-4-17(5-1-2-16(3-5)11(19)20)8-7(6)9(13)14-15-10(8)18/h4-5H,1-3H2,(H2,13,14)(H,15,18)(H,19,20). The van der Waals surface area contributed by atoms with Gasteiger partial charge in [0.25, 0.3) is 5.56 Å². The van der Waals surface area contributed by atoms with Crippen LogP contribution in [-0.4, -0.2) is 44.0 Å². The third-order valence-electron chi connectivity index (χ3n) is 3.56. The number of amides is 1. The van der Waals surface area contributed by atoms with Gasteiger partial charge in [0.05, 0.1) is 11.4 Å². The summed E-state index contributed by atoms with van der Waals surface area (Å²) in [5, 5.41) is 15.8. The fraction of sp³-hybridized carbons (Fsp3) is 0.364. The van der Waals surface area contributed by atoms with Crippen LogP contribution in [0.5, 0.6) is 0 Å². The Kier molecular flexibility index (Phi) is 3.07. The predicted octanol–water partition coefficient (Wildman–Crippen LogP) is 0.836. The van der Waals surface area contributed by atoms with Crippen LogP contribution in [0.1, 0.15) is 12.5 Å². The molecular formula is C11H12IN5O3. The zero-order valence-corrected chi connectivity index (χ0v) is 12.5. The highest BCUT2D eigenvalue weighted by Crippen LogP contribution is 2.30. The smallest absolute Gasteiger partial charge is 0.407 e. The van der Waals surface area contributed by atoms with E-state index in [9.17, 15) is 9.59 Å². The van der Waals surface area contributed by atoms with Crippen LogP contribution in [0.25, 0.3) is 10.9 Å². The molecule has 106 valence electrons. The first kappa shape index (κ1) is 13.2. The minimum Gasteiger partial charge on any atom is -0.465 e. The minimum absolute atomic E-state index is 0.0555. The average molecular weight is 389 g/mol. The average Bonchev–Trinajstić information content (AvgIpc) is 2.99. The van der Waals surface area contributed by atoms with Crippen molar-refractivity contribution in [2.45, 2.75) is 12.5 Å². The Morgan fingerprint density at radius 1 is 1.60 bits per heavy atom. The Morgan fingerprint density at radius 2 is 2.35 bits per heavy atom. The number of carbonyl (C=O) groups is 1. The summed E-state index contributed by atoms with van der Waals surface area (Å²) in [4.78, 5) is 24.3. The molecule has 1 atom stereocenters. The molecule has 1 aliphatic heterocycles. The van der Waals surface area contributed by atoms with E-state index in [0.29, 0.717) is 30.4 Å². The third kappa shape index (κ3) is 1.92. The number of nitrogens with two attached hydrogens (primary N) is 1. The molecule has 0 bridgehead atoms. The van der Waals surface area contributed by atoms with Crippen LogP contribution in [0.3, 0.4) is 0 Å². The molecule has 1 unspecified atom stereocenters. The quantitative estimate of drug-likeness (QED) is 0.625. The molecule has 1 fully saturated rings. The van der Waals surface area contributed by atoms with Crippen molar-refractivity contribution < 1.29 is 9.90 Å². The first-order valence-electron chi connectivity index (χ1n) is 6.01. The summed E-state index contributed by atoms with van der Waals surface area (Å²) in [6.07, 6.45) is 1.57. The van der Waals surface area contributed by atoms with E-state index in [2.05, 4.69) is 32.8 Å². The van der Waals surface area contributed by atoms with Gasteiger partial charge in [-0.05, 0) is 29.0 Å². The van der Waals surface area contributed by atoms with E-state index >= 15 is 0 Å². The number of aromatic amines is 1. The summed E-state index contributed by atoms with van der Waals surface area (Å²) in [6, 6.07) is -0.0555. The molecule has 0 saturated carbocycles. The molecule has 0 aliphatic carbocycles. The van der Waals surface area contributed by atoms with Gasteiger partial charge in [-0.25, -0.2) is 9.89 Å². The topological polar surface area (TPSA) is 117 Å². The molecule has 1 saturated heterocycles. The summed E-state index contributed by atoms with van der Waals surface area (Å²) in [6.45, 7) is 0.839. The number of likely N-dealkylation sites (tertiary alicyclic amines) is 1. The lowest BCUT2D eigenvalue weighted by molar-refractivity contribution is 0.154. The number of halogens is 1. The Bertz CT molecular complexity index is 752. The Morgan fingerprint density at radius 3 is 3.00 bits per heavy atom. The Balaban J connectivity index is 2.12. The maximum absolute atomic E-state index is 12.0. The molecule has 2 aromatic heterocycles. The number of nitrogen functional groups attached to an aromatic ring is 1. The van der Waals surface area contributed by atoms with Crippen molar-refractivity contribution in [2.75, 3.05) is 18.8 Å². The number of nitrogens with one attached hydrogen (secondary N) is 1. The summed E-state index contributed by atoms with van der Waals surface area (Å²) >= 11 is 2.10. The van der Waals surface area contributed by atoms with Crippen LogP contribution >= 0.6 is 22.6 Å². The molecule has 2 aromatic rings. The first-order chi connectivity index (χ1) is 9.49. The van der Waals surface area contributed by atoms with E-state index in [1.54, 1.807) is 0 Å². The fourth-order valence-corrected chi connectivity index (χ4v) is 3.45. The molecular weight excluding hydrogens is 377 g/mol. The van der Waals surface area contributed by atoms with Gasteiger partial charge in [-0.3, -0.25) is 4.79 Å². The van der Waals surface area contributed by atoms with E-state index in [-0.39, 0.29) is 17.4 Å². The highest BCUT2D eigenvalue weighted by Gasteiger charge is 2.29. The molecule has 0 spiro atoms. The van der Waals surface area contributed by atoms with Crippen LogP contribution in [-0.2, 0) is 0 Å². The van der Waals surface area contributed by atoms with Crippen LogP contribution in [0, 0.1) is 3.57 Å².